The molecule has 1 aliphatic rings. The van der Waals surface area contributed by atoms with Gasteiger partial charge >= 0.3 is 0 Å². The number of nitrogens with zero attached hydrogens (tertiary/aromatic N) is 2. The zero-order valence-electron chi connectivity index (χ0n) is 9.39. The van der Waals surface area contributed by atoms with E-state index in [1.54, 1.807) is 0 Å². The van der Waals surface area contributed by atoms with Crippen molar-refractivity contribution >= 4 is 27.7 Å². The van der Waals surface area contributed by atoms with Crippen molar-refractivity contribution in [3.05, 3.63) is 16.4 Å². The molecule has 0 spiro atoms. The first-order valence-electron chi connectivity index (χ1n) is 5.31. The second-order valence-electron chi connectivity index (χ2n) is 4.33. The van der Waals surface area contributed by atoms with E-state index in [1.807, 2.05) is 0 Å². The summed E-state index contributed by atoms with van der Waals surface area (Å²) in [6.45, 7) is 0.186. The summed E-state index contributed by atoms with van der Waals surface area (Å²) in [5.74, 6) is 0.281. The molecule has 1 aromatic rings. The summed E-state index contributed by atoms with van der Waals surface area (Å²) >= 11 is 6.00. The Labute approximate surface area is 105 Å². The molecule has 7 heteroatoms. The van der Waals surface area contributed by atoms with Crippen LogP contribution < -0.4 is 0 Å². The number of rotatable bonds is 5. The Bertz CT molecular complexity index is 546. The van der Waals surface area contributed by atoms with Gasteiger partial charge in [-0.15, -0.1) is 0 Å². The number of sulfone groups is 1. The van der Waals surface area contributed by atoms with Crippen LogP contribution in [0.3, 0.4) is 0 Å². The summed E-state index contributed by atoms with van der Waals surface area (Å²) in [7, 11) is -3.06. The lowest BCUT2D eigenvalue weighted by Gasteiger charge is -2.01. The van der Waals surface area contributed by atoms with E-state index in [9.17, 15) is 13.2 Å². The number of halogens is 1. The monoisotopic (exact) mass is 276 g/mol. The van der Waals surface area contributed by atoms with Gasteiger partial charge in [0.15, 0.2) is 6.29 Å². The van der Waals surface area contributed by atoms with Gasteiger partial charge in [0.2, 0.25) is 0 Å². The van der Waals surface area contributed by atoms with Gasteiger partial charge in [0, 0.05) is 12.2 Å². The van der Waals surface area contributed by atoms with Crippen LogP contribution in [-0.2, 0) is 16.4 Å². The molecule has 0 bridgehead atoms. The molecule has 0 radical (unpaired) electrons. The third-order valence-corrected chi connectivity index (χ3v) is 4.03. The van der Waals surface area contributed by atoms with E-state index in [2.05, 4.69) is 5.10 Å². The summed E-state index contributed by atoms with van der Waals surface area (Å²) in [6, 6.07) is 0. The highest BCUT2D eigenvalue weighted by Gasteiger charge is 2.31. The Balaban J connectivity index is 2.25. The number of hydrogen-bond acceptors (Lipinski definition) is 4. The van der Waals surface area contributed by atoms with E-state index < -0.39 is 9.84 Å². The van der Waals surface area contributed by atoms with Gasteiger partial charge in [-0.05, 0) is 12.8 Å². The minimum Gasteiger partial charge on any atom is -0.298 e. The zero-order valence-corrected chi connectivity index (χ0v) is 11.0. The van der Waals surface area contributed by atoms with Gasteiger partial charge in [0.05, 0.1) is 23.6 Å². The first-order valence-corrected chi connectivity index (χ1v) is 7.75. The van der Waals surface area contributed by atoms with Crippen LogP contribution in [0.2, 0.25) is 5.15 Å². The molecule has 0 amide bonds. The first-order chi connectivity index (χ1) is 7.92. The number of hydrogen-bond donors (Lipinski definition) is 0. The van der Waals surface area contributed by atoms with E-state index in [4.69, 9.17) is 11.6 Å². The molecule has 2 rings (SSSR count). The van der Waals surface area contributed by atoms with E-state index in [1.165, 1.54) is 4.68 Å². The average molecular weight is 277 g/mol. The molecule has 0 atom stereocenters. The molecule has 94 valence electrons. The normalized spacial score (nSPS) is 16.1. The number of carbonyl (C=O) groups is 1. The predicted molar refractivity (Wildman–Crippen MR) is 64.3 cm³/mol. The number of aldehydes is 1. The Morgan fingerprint density at radius 2 is 2.18 bits per heavy atom. The number of carbonyl (C=O) groups excluding carboxylic acids is 1. The minimum atomic E-state index is -3.06. The average Bonchev–Trinajstić information content (AvgIpc) is 3.00. The molecule has 0 unspecified atom stereocenters. The highest BCUT2D eigenvalue weighted by molar-refractivity contribution is 7.90. The Hall–Kier alpha value is -0.880. The molecule has 1 saturated carbocycles. The van der Waals surface area contributed by atoms with Crippen LogP contribution in [0.4, 0.5) is 0 Å². The molecule has 0 aliphatic heterocycles. The molecule has 5 nitrogen and oxygen atoms in total. The van der Waals surface area contributed by atoms with E-state index in [-0.39, 0.29) is 17.5 Å². The SMILES string of the molecule is CS(=O)(=O)CCn1nc(C2CC2)c(C=O)c1Cl. The molecular weight excluding hydrogens is 264 g/mol. The molecule has 0 N–H and O–H groups in total. The Morgan fingerprint density at radius 1 is 1.53 bits per heavy atom. The van der Waals surface area contributed by atoms with E-state index in [0.717, 1.165) is 19.1 Å². The zero-order chi connectivity index (χ0) is 12.6. The summed E-state index contributed by atoms with van der Waals surface area (Å²) in [5, 5.41) is 4.48. The maximum Gasteiger partial charge on any atom is 0.155 e. The van der Waals surface area contributed by atoms with Gasteiger partial charge in [-0.3, -0.25) is 9.48 Å². The highest BCUT2D eigenvalue weighted by Crippen LogP contribution is 2.42. The van der Waals surface area contributed by atoms with Gasteiger partial charge < -0.3 is 0 Å². The smallest absolute Gasteiger partial charge is 0.155 e. The molecule has 1 aromatic heterocycles. The molecule has 0 aromatic carbocycles. The van der Waals surface area contributed by atoms with Crippen molar-refractivity contribution in [1.82, 2.24) is 9.78 Å². The van der Waals surface area contributed by atoms with Crippen molar-refractivity contribution in [2.45, 2.75) is 25.3 Å². The van der Waals surface area contributed by atoms with E-state index >= 15 is 0 Å². The largest absolute Gasteiger partial charge is 0.298 e. The molecule has 17 heavy (non-hydrogen) atoms. The van der Waals surface area contributed by atoms with Crippen LogP contribution in [0.25, 0.3) is 0 Å². The van der Waals surface area contributed by atoms with Crippen molar-refractivity contribution < 1.29 is 13.2 Å². The molecule has 0 saturated heterocycles. The topological polar surface area (TPSA) is 69.0 Å². The second kappa shape index (κ2) is 4.42. The summed E-state index contributed by atoms with van der Waals surface area (Å²) in [6.07, 6.45) is 3.88. The second-order valence-corrected chi connectivity index (χ2v) is 6.95. The molecule has 1 fully saturated rings. The fourth-order valence-electron chi connectivity index (χ4n) is 1.64. The van der Waals surface area contributed by atoms with Crippen molar-refractivity contribution in [2.75, 3.05) is 12.0 Å². The van der Waals surface area contributed by atoms with Gasteiger partial charge in [-0.2, -0.15) is 5.10 Å². The van der Waals surface area contributed by atoms with Gasteiger partial charge in [-0.1, -0.05) is 11.6 Å². The van der Waals surface area contributed by atoms with E-state index in [0.29, 0.717) is 23.5 Å². The fraction of sp³-hybridized carbons (Fsp3) is 0.600. The van der Waals surface area contributed by atoms with Gasteiger partial charge in [-0.25, -0.2) is 8.42 Å². The fourth-order valence-corrected chi connectivity index (χ4v) is 2.41. The third-order valence-electron chi connectivity index (χ3n) is 2.71. The molecule has 1 aliphatic carbocycles. The summed E-state index contributed by atoms with van der Waals surface area (Å²) < 4.78 is 23.5. The van der Waals surface area contributed by atoms with Crippen molar-refractivity contribution in [3.8, 4) is 0 Å². The number of aromatic nitrogens is 2. The van der Waals surface area contributed by atoms with Crippen LogP contribution in [0.1, 0.15) is 34.8 Å². The summed E-state index contributed by atoms with van der Waals surface area (Å²) in [4.78, 5) is 10.9. The third kappa shape index (κ3) is 2.87. The molecular formula is C10H13ClN2O3S. The van der Waals surface area contributed by atoms with Crippen LogP contribution in [0.5, 0.6) is 0 Å². The van der Waals surface area contributed by atoms with Gasteiger partial charge in [0.25, 0.3) is 0 Å². The summed E-state index contributed by atoms with van der Waals surface area (Å²) in [5.41, 5.74) is 1.11. The van der Waals surface area contributed by atoms with Crippen LogP contribution >= 0.6 is 11.6 Å². The van der Waals surface area contributed by atoms with Crippen molar-refractivity contribution in [1.29, 1.82) is 0 Å². The lowest BCUT2D eigenvalue weighted by atomic mass is 10.2. The van der Waals surface area contributed by atoms with Crippen molar-refractivity contribution in [2.24, 2.45) is 0 Å². The van der Waals surface area contributed by atoms with Gasteiger partial charge in [0.1, 0.15) is 15.0 Å². The Morgan fingerprint density at radius 3 is 2.65 bits per heavy atom. The predicted octanol–water partition coefficient (Wildman–Crippen LogP) is 1.27. The highest BCUT2D eigenvalue weighted by atomic mass is 35.5. The van der Waals surface area contributed by atoms with Crippen LogP contribution in [0, 0.1) is 0 Å². The molecule has 1 heterocycles. The quantitative estimate of drug-likeness (QED) is 0.760. The maximum atomic E-state index is 11.1. The maximum absolute atomic E-state index is 11.1. The minimum absolute atomic E-state index is 0.0309. The van der Waals surface area contributed by atoms with Crippen LogP contribution in [0.15, 0.2) is 0 Å². The van der Waals surface area contributed by atoms with Crippen LogP contribution in [-0.4, -0.2) is 36.5 Å². The lowest BCUT2D eigenvalue weighted by Crippen LogP contribution is -2.12. The number of aryl methyl sites for hydroxylation is 1. The standard InChI is InChI=1S/C10H13ClN2O3S/c1-17(15,16)5-4-13-10(11)8(6-14)9(12-13)7-2-3-7/h6-7H,2-5H2,1H3. The first kappa shape index (κ1) is 12.6. The van der Waals surface area contributed by atoms with Crippen molar-refractivity contribution in [3.63, 3.8) is 0 Å². The lowest BCUT2D eigenvalue weighted by molar-refractivity contribution is 0.112. The Kier molecular flexibility index (Phi) is 3.27.